The molecule has 0 saturated carbocycles. The standard InChI is InChI=1S/C13H19BrN2O/c1-16-7-5-13(10-17,6-8-16)15-12-4-2-3-11(14)9-12/h2-4,9,15,17H,5-8,10H2,1H3. The molecule has 3 nitrogen and oxygen atoms in total. The summed E-state index contributed by atoms with van der Waals surface area (Å²) in [6.07, 6.45) is 1.96. The van der Waals surface area contributed by atoms with E-state index in [0.717, 1.165) is 36.1 Å². The summed E-state index contributed by atoms with van der Waals surface area (Å²) in [5, 5.41) is 13.2. The van der Waals surface area contributed by atoms with Crippen LogP contribution in [0.4, 0.5) is 5.69 Å². The van der Waals surface area contributed by atoms with Crippen LogP contribution < -0.4 is 5.32 Å². The molecule has 94 valence electrons. The van der Waals surface area contributed by atoms with Crippen molar-refractivity contribution >= 4 is 21.6 Å². The Labute approximate surface area is 111 Å². The summed E-state index contributed by atoms with van der Waals surface area (Å²) in [5.74, 6) is 0. The van der Waals surface area contributed by atoms with Crippen molar-refractivity contribution < 1.29 is 5.11 Å². The van der Waals surface area contributed by atoms with Crippen LogP contribution in [0.1, 0.15) is 12.8 Å². The Morgan fingerprint density at radius 3 is 2.71 bits per heavy atom. The smallest absolute Gasteiger partial charge is 0.0662 e. The number of halogens is 1. The second kappa shape index (κ2) is 5.38. The van der Waals surface area contributed by atoms with Crippen molar-refractivity contribution in [1.82, 2.24) is 4.90 Å². The van der Waals surface area contributed by atoms with E-state index in [1.807, 2.05) is 18.2 Å². The van der Waals surface area contributed by atoms with Gasteiger partial charge < -0.3 is 15.3 Å². The second-order valence-electron chi connectivity index (χ2n) is 4.88. The first-order chi connectivity index (χ1) is 8.13. The summed E-state index contributed by atoms with van der Waals surface area (Å²) in [5.41, 5.74) is 0.908. The minimum absolute atomic E-state index is 0.159. The lowest BCUT2D eigenvalue weighted by Crippen LogP contribution is -2.50. The molecule has 1 heterocycles. The third-order valence-electron chi connectivity index (χ3n) is 3.48. The molecule has 0 aromatic heterocycles. The van der Waals surface area contributed by atoms with Crippen LogP contribution >= 0.6 is 15.9 Å². The Kier molecular flexibility index (Phi) is 4.07. The summed E-state index contributed by atoms with van der Waals surface area (Å²) >= 11 is 3.47. The van der Waals surface area contributed by atoms with E-state index < -0.39 is 0 Å². The molecule has 0 amide bonds. The molecule has 1 fully saturated rings. The predicted molar refractivity (Wildman–Crippen MR) is 74.3 cm³/mol. The number of piperidine rings is 1. The molecule has 1 saturated heterocycles. The molecule has 0 bridgehead atoms. The van der Waals surface area contributed by atoms with Gasteiger partial charge in [0.05, 0.1) is 12.1 Å². The molecular weight excluding hydrogens is 280 g/mol. The number of likely N-dealkylation sites (tertiary alicyclic amines) is 1. The van der Waals surface area contributed by atoms with Crippen LogP contribution in [0.15, 0.2) is 28.7 Å². The van der Waals surface area contributed by atoms with Crippen molar-refractivity contribution in [2.45, 2.75) is 18.4 Å². The monoisotopic (exact) mass is 298 g/mol. The van der Waals surface area contributed by atoms with E-state index >= 15 is 0 Å². The van der Waals surface area contributed by atoms with Gasteiger partial charge in [-0.15, -0.1) is 0 Å². The van der Waals surface area contributed by atoms with E-state index in [-0.39, 0.29) is 12.1 Å². The normalized spacial score (nSPS) is 20.2. The van der Waals surface area contributed by atoms with Crippen molar-refractivity contribution in [3.63, 3.8) is 0 Å². The van der Waals surface area contributed by atoms with Crippen LogP contribution in [-0.2, 0) is 0 Å². The minimum Gasteiger partial charge on any atom is -0.394 e. The van der Waals surface area contributed by atoms with Gasteiger partial charge in [-0.05, 0) is 38.1 Å². The zero-order valence-electron chi connectivity index (χ0n) is 10.1. The van der Waals surface area contributed by atoms with Gasteiger partial charge in [-0.3, -0.25) is 0 Å². The first-order valence-electron chi connectivity index (χ1n) is 5.97. The molecule has 0 unspecified atom stereocenters. The van der Waals surface area contributed by atoms with Crippen LogP contribution in [-0.4, -0.2) is 42.3 Å². The van der Waals surface area contributed by atoms with Crippen molar-refractivity contribution in [2.75, 3.05) is 32.1 Å². The maximum atomic E-state index is 9.67. The molecule has 17 heavy (non-hydrogen) atoms. The first-order valence-corrected chi connectivity index (χ1v) is 6.76. The van der Waals surface area contributed by atoms with Crippen molar-refractivity contribution in [1.29, 1.82) is 0 Å². The Morgan fingerprint density at radius 2 is 2.12 bits per heavy atom. The average molecular weight is 299 g/mol. The van der Waals surface area contributed by atoms with E-state index in [1.54, 1.807) is 0 Å². The molecular formula is C13H19BrN2O. The second-order valence-corrected chi connectivity index (χ2v) is 5.79. The van der Waals surface area contributed by atoms with Gasteiger partial charge in [-0.25, -0.2) is 0 Å². The molecule has 0 spiro atoms. The molecule has 4 heteroatoms. The van der Waals surface area contributed by atoms with E-state index in [4.69, 9.17) is 0 Å². The number of hydrogen-bond donors (Lipinski definition) is 2. The number of nitrogens with zero attached hydrogens (tertiary/aromatic N) is 1. The topological polar surface area (TPSA) is 35.5 Å². The van der Waals surface area contributed by atoms with Gasteiger partial charge in [-0.1, -0.05) is 22.0 Å². The van der Waals surface area contributed by atoms with Crippen LogP contribution in [0.2, 0.25) is 0 Å². The van der Waals surface area contributed by atoms with Crippen LogP contribution in [0, 0.1) is 0 Å². The molecule has 1 aliphatic heterocycles. The third-order valence-corrected chi connectivity index (χ3v) is 3.97. The number of hydrogen-bond acceptors (Lipinski definition) is 3. The average Bonchev–Trinajstić information content (AvgIpc) is 2.33. The van der Waals surface area contributed by atoms with Crippen LogP contribution in [0.5, 0.6) is 0 Å². The Hall–Kier alpha value is -0.580. The number of nitrogens with one attached hydrogen (secondary N) is 1. The van der Waals surface area contributed by atoms with Gasteiger partial charge in [-0.2, -0.15) is 0 Å². The summed E-state index contributed by atoms with van der Waals surface area (Å²) in [7, 11) is 2.13. The third kappa shape index (κ3) is 3.21. The molecule has 1 aromatic rings. The number of benzene rings is 1. The van der Waals surface area contributed by atoms with E-state index in [1.165, 1.54) is 0 Å². The number of aliphatic hydroxyl groups is 1. The highest BCUT2D eigenvalue weighted by molar-refractivity contribution is 9.10. The highest BCUT2D eigenvalue weighted by Crippen LogP contribution is 2.27. The Bertz CT molecular complexity index is 375. The quantitative estimate of drug-likeness (QED) is 0.899. The fourth-order valence-electron chi connectivity index (χ4n) is 2.24. The lowest BCUT2D eigenvalue weighted by atomic mass is 9.88. The fourth-order valence-corrected chi connectivity index (χ4v) is 2.64. The highest BCUT2D eigenvalue weighted by Gasteiger charge is 2.32. The van der Waals surface area contributed by atoms with Crippen LogP contribution in [0.3, 0.4) is 0 Å². The van der Waals surface area contributed by atoms with Gasteiger partial charge in [0.1, 0.15) is 0 Å². The molecule has 1 aromatic carbocycles. The van der Waals surface area contributed by atoms with Crippen molar-refractivity contribution in [2.24, 2.45) is 0 Å². The minimum atomic E-state index is -0.159. The van der Waals surface area contributed by atoms with Gasteiger partial charge >= 0.3 is 0 Å². The largest absolute Gasteiger partial charge is 0.394 e. The zero-order valence-corrected chi connectivity index (χ0v) is 11.7. The maximum Gasteiger partial charge on any atom is 0.0662 e. The van der Waals surface area contributed by atoms with Gasteiger partial charge in [0.2, 0.25) is 0 Å². The fraction of sp³-hybridized carbons (Fsp3) is 0.538. The summed E-state index contributed by atoms with van der Waals surface area (Å²) in [6, 6.07) is 8.11. The summed E-state index contributed by atoms with van der Waals surface area (Å²) in [6.45, 7) is 2.25. The summed E-state index contributed by atoms with van der Waals surface area (Å²) in [4.78, 5) is 2.30. The van der Waals surface area contributed by atoms with Crippen molar-refractivity contribution in [3.05, 3.63) is 28.7 Å². The van der Waals surface area contributed by atoms with E-state index in [2.05, 4.69) is 39.3 Å². The number of aliphatic hydroxyl groups excluding tert-OH is 1. The predicted octanol–water partition coefficient (Wildman–Crippen LogP) is 2.32. The maximum absolute atomic E-state index is 9.67. The molecule has 2 N–H and O–H groups in total. The molecule has 2 rings (SSSR count). The van der Waals surface area contributed by atoms with Crippen LogP contribution in [0.25, 0.3) is 0 Å². The summed E-state index contributed by atoms with van der Waals surface area (Å²) < 4.78 is 1.06. The van der Waals surface area contributed by atoms with Gasteiger partial charge in [0.15, 0.2) is 0 Å². The lowest BCUT2D eigenvalue weighted by molar-refractivity contribution is 0.133. The molecule has 1 aliphatic rings. The SMILES string of the molecule is CN1CCC(CO)(Nc2cccc(Br)c2)CC1. The highest BCUT2D eigenvalue weighted by atomic mass is 79.9. The van der Waals surface area contributed by atoms with Crippen molar-refractivity contribution in [3.8, 4) is 0 Å². The van der Waals surface area contributed by atoms with Gasteiger partial charge in [0, 0.05) is 23.2 Å². The Balaban J connectivity index is 2.09. The lowest BCUT2D eigenvalue weighted by Gasteiger charge is -2.40. The first kappa shape index (κ1) is 12.9. The molecule has 0 radical (unpaired) electrons. The van der Waals surface area contributed by atoms with Gasteiger partial charge in [0.25, 0.3) is 0 Å². The number of anilines is 1. The molecule has 0 aliphatic carbocycles. The number of rotatable bonds is 3. The molecule has 0 atom stereocenters. The Morgan fingerprint density at radius 1 is 1.41 bits per heavy atom. The van der Waals surface area contributed by atoms with E-state index in [0.29, 0.717) is 0 Å². The van der Waals surface area contributed by atoms with E-state index in [9.17, 15) is 5.11 Å². The zero-order chi connectivity index (χ0) is 12.3.